The van der Waals surface area contributed by atoms with Crippen LogP contribution in [0.2, 0.25) is 0 Å². The molecular weight excluding hydrogens is 262 g/mol. The van der Waals surface area contributed by atoms with E-state index >= 15 is 0 Å². The lowest BCUT2D eigenvalue weighted by molar-refractivity contribution is -0.0280. The number of benzene rings is 1. The largest absolute Gasteiger partial charge is 0.372 e. The van der Waals surface area contributed by atoms with E-state index in [-0.39, 0.29) is 11.3 Å². The highest BCUT2D eigenvalue weighted by atomic mass is 19.1. The molecule has 0 atom stereocenters. The molecule has 0 amide bonds. The Morgan fingerprint density at radius 2 is 1.95 bits per heavy atom. The van der Waals surface area contributed by atoms with Crippen molar-refractivity contribution in [2.75, 3.05) is 31.1 Å². The normalized spacial score (nSPS) is 18.4. The van der Waals surface area contributed by atoms with E-state index in [2.05, 4.69) is 5.32 Å². The number of morpholine rings is 1. The Hall–Kier alpha value is -1.20. The zero-order valence-electron chi connectivity index (χ0n) is 12.3. The van der Waals surface area contributed by atoms with Gasteiger partial charge in [0.25, 0.3) is 0 Å². The molecule has 2 rings (SSSR count). The fourth-order valence-electron chi connectivity index (χ4n) is 2.50. The zero-order chi connectivity index (χ0) is 14.8. The number of nitrogens with zero attached hydrogens (tertiary/aromatic N) is 1. The van der Waals surface area contributed by atoms with E-state index in [0.29, 0.717) is 31.8 Å². The third kappa shape index (κ3) is 3.46. The van der Waals surface area contributed by atoms with E-state index in [1.807, 2.05) is 20.8 Å². The van der Waals surface area contributed by atoms with Crippen LogP contribution in [0.1, 0.15) is 26.3 Å². The standard InChI is InChI=1S/C15H22F2N2O/c1-4-18-9-11-7-12(16)14(13(17)8-11)19-5-6-20-15(2,3)10-19/h7-8,18H,4-6,9-10H2,1-3H3. The molecule has 0 unspecified atom stereocenters. The fraction of sp³-hybridized carbons (Fsp3) is 0.600. The average Bonchev–Trinajstić information content (AvgIpc) is 2.34. The van der Waals surface area contributed by atoms with Crippen LogP contribution < -0.4 is 10.2 Å². The molecule has 0 spiro atoms. The third-order valence-corrected chi connectivity index (χ3v) is 3.40. The number of hydrogen-bond donors (Lipinski definition) is 1. The number of nitrogens with one attached hydrogen (secondary N) is 1. The van der Waals surface area contributed by atoms with E-state index < -0.39 is 11.6 Å². The first-order chi connectivity index (χ1) is 9.43. The van der Waals surface area contributed by atoms with Crippen LogP contribution >= 0.6 is 0 Å². The number of rotatable bonds is 4. The van der Waals surface area contributed by atoms with Crippen LogP contribution in [-0.4, -0.2) is 31.8 Å². The Morgan fingerprint density at radius 3 is 2.50 bits per heavy atom. The number of ether oxygens (including phenoxy) is 1. The van der Waals surface area contributed by atoms with Crippen LogP contribution in [0, 0.1) is 11.6 Å². The molecule has 1 aromatic carbocycles. The maximum absolute atomic E-state index is 14.2. The van der Waals surface area contributed by atoms with Crippen molar-refractivity contribution in [3.05, 3.63) is 29.3 Å². The van der Waals surface area contributed by atoms with Gasteiger partial charge in [0.15, 0.2) is 0 Å². The lowest BCUT2D eigenvalue weighted by Crippen LogP contribution is -2.49. The van der Waals surface area contributed by atoms with Gasteiger partial charge < -0.3 is 15.0 Å². The molecule has 0 aromatic heterocycles. The molecule has 1 heterocycles. The predicted molar refractivity (Wildman–Crippen MR) is 76.0 cm³/mol. The van der Waals surface area contributed by atoms with Gasteiger partial charge >= 0.3 is 0 Å². The van der Waals surface area contributed by atoms with E-state index in [0.717, 1.165) is 6.54 Å². The van der Waals surface area contributed by atoms with Crippen molar-refractivity contribution in [3.8, 4) is 0 Å². The van der Waals surface area contributed by atoms with E-state index in [1.54, 1.807) is 4.90 Å². The van der Waals surface area contributed by atoms with Crippen LogP contribution in [0.5, 0.6) is 0 Å². The monoisotopic (exact) mass is 284 g/mol. The summed E-state index contributed by atoms with van der Waals surface area (Å²) in [5, 5.41) is 3.06. The molecule has 0 radical (unpaired) electrons. The van der Waals surface area contributed by atoms with Crippen LogP contribution in [0.25, 0.3) is 0 Å². The van der Waals surface area contributed by atoms with Gasteiger partial charge in [0.05, 0.1) is 12.2 Å². The molecule has 1 aromatic rings. The molecule has 1 aliphatic rings. The lowest BCUT2D eigenvalue weighted by atomic mass is 10.1. The zero-order valence-corrected chi connectivity index (χ0v) is 12.3. The van der Waals surface area contributed by atoms with Gasteiger partial charge in [0, 0.05) is 19.6 Å². The molecule has 1 fully saturated rings. The Morgan fingerprint density at radius 1 is 1.30 bits per heavy atom. The summed E-state index contributed by atoms with van der Waals surface area (Å²) in [5.74, 6) is -1.01. The van der Waals surface area contributed by atoms with Gasteiger partial charge in [-0.3, -0.25) is 0 Å². The summed E-state index contributed by atoms with van der Waals surface area (Å²) in [6, 6.07) is 2.81. The van der Waals surface area contributed by atoms with Crippen molar-refractivity contribution >= 4 is 5.69 Å². The first-order valence-corrected chi connectivity index (χ1v) is 7.00. The van der Waals surface area contributed by atoms with Crippen molar-refractivity contribution in [2.45, 2.75) is 32.9 Å². The first-order valence-electron chi connectivity index (χ1n) is 7.00. The van der Waals surface area contributed by atoms with Crippen molar-refractivity contribution in [1.29, 1.82) is 0 Å². The van der Waals surface area contributed by atoms with E-state index in [1.165, 1.54) is 12.1 Å². The van der Waals surface area contributed by atoms with Gasteiger partial charge in [-0.05, 0) is 38.1 Å². The number of anilines is 1. The summed E-state index contributed by atoms with van der Waals surface area (Å²) >= 11 is 0. The van der Waals surface area contributed by atoms with Crippen LogP contribution in [-0.2, 0) is 11.3 Å². The van der Waals surface area contributed by atoms with Crippen LogP contribution in [0.4, 0.5) is 14.5 Å². The summed E-state index contributed by atoms with van der Waals surface area (Å²) in [5.41, 5.74) is 0.291. The maximum Gasteiger partial charge on any atom is 0.149 e. The van der Waals surface area contributed by atoms with Gasteiger partial charge in [0.1, 0.15) is 17.3 Å². The second-order valence-electron chi connectivity index (χ2n) is 5.72. The molecule has 1 aliphatic heterocycles. The second-order valence-corrected chi connectivity index (χ2v) is 5.72. The van der Waals surface area contributed by atoms with Gasteiger partial charge in [0.2, 0.25) is 0 Å². The third-order valence-electron chi connectivity index (χ3n) is 3.40. The maximum atomic E-state index is 14.2. The second kappa shape index (κ2) is 6.06. The van der Waals surface area contributed by atoms with Crippen LogP contribution in [0.15, 0.2) is 12.1 Å². The summed E-state index contributed by atoms with van der Waals surface area (Å²) in [4.78, 5) is 1.73. The minimum atomic E-state index is -0.504. The molecule has 1 saturated heterocycles. The molecule has 112 valence electrons. The highest BCUT2D eigenvalue weighted by molar-refractivity contribution is 5.51. The van der Waals surface area contributed by atoms with Crippen molar-refractivity contribution in [1.82, 2.24) is 5.32 Å². The summed E-state index contributed by atoms with van der Waals surface area (Å²) in [6.45, 7) is 8.50. The fourth-order valence-corrected chi connectivity index (χ4v) is 2.50. The molecule has 20 heavy (non-hydrogen) atoms. The number of hydrogen-bond acceptors (Lipinski definition) is 3. The Bertz CT molecular complexity index is 454. The van der Waals surface area contributed by atoms with Crippen molar-refractivity contribution < 1.29 is 13.5 Å². The van der Waals surface area contributed by atoms with Crippen LogP contribution in [0.3, 0.4) is 0 Å². The summed E-state index contributed by atoms with van der Waals surface area (Å²) < 4.78 is 34.0. The quantitative estimate of drug-likeness (QED) is 0.920. The molecule has 0 bridgehead atoms. The summed E-state index contributed by atoms with van der Waals surface area (Å²) in [7, 11) is 0. The topological polar surface area (TPSA) is 24.5 Å². The summed E-state index contributed by atoms with van der Waals surface area (Å²) in [6.07, 6.45) is 0. The highest BCUT2D eigenvalue weighted by Gasteiger charge is 2.30. The minimum Gasteiger partial charge on any atom is -0.372 e. The molecule has 3 nitrogen and oxygen atoms in total. The van der Waals surface area contributed by atoms with Gasteiger partial charge in [-0.15, -0.1) is 0 Å². The molecule has 1 N–H and O–H groups in total. The van der Waals surface area contributed by atoms with Gasteiger partial charge in [-0.1, -0.05) is 6.92 Å². The Kier molecular flexibility index (Phi) is 4.60. The van der Waals surface area contributed by atoms with Gasteiger partial charge in [-0.2, -0.15) is 0 Å². The smallest absolute Gasteiger partial charge is 0.149 e. The molecule has 0 saturated carbocycles. The Labute approximate surface area is 118 Å². The van der Waals surface area contributed by atoms with E-state index in [9.17, 15) is 8.78 Å². The average molecular weight is 284 g/mol. The van der Waals surface area contributed by atoms with Crippen molar-refractivity contribution in [2.24, 2.45) is 0 Å². The minimum absolute atomic E-state index is 0.0571. The highest BCUT2D eigenvalue weighted by Crippen LogP contribution is 2.29. The predicted octanol–water partition coefficient (Wildman–Crippen LogP) is 2.69. The first kappa shape index (κ1) is 15.2. The molecule has 0 aliphatic carbocycles. The molecular formula is C15H22F2N2O. The van der Waals surface area contributed by atoms with E-state index in [4.69, 9.17) is 4.74 Å². The lowest BCUT2D eigenvalue weighted by Gasteiger charge is -2.39. The number of halogens is 2. The SMILES string of the molecule is CCNCc1cc(F)c(N2CCOC(C)(C)C2)c(F)c1. The van der Waals surface area contributed by atoms with Crippen molar-refractivity contribution in [3.63, 3.8) is 0 Å². The van der Waals surface area contributed by atoms with Gasteiger partial charge in [-0.25, -0.2) is 8.78 Å². The molecule has 5 heteroatoms. The Balaban J connectivity index is 2.23.